The molecule has 0 bridgehead atoms. The minimum atomic E-state index is -3.58. The molecule has 9 heteroatoms. The molecule has 2 aromatic rings. The lowest BCUT2D eigenvalue weighted by Gasteiger charge is -2.28. The molecular formula is C23H27N3O4S2. The van der Waals surface area contributed by atoms with Crippen molar-refractivity contribution < 1.29 is 17.9 Å². The Kier molecular flexibility index (Phi) is 7.62. The Morgan fingerprint density at radius 3 is 2.44 bits per heavy atom. The number of aliphatic imine (C=N–C) groups is 1. The van der Waals surface area contributed by atoms with Crippen LogP contribution in [-0.4, -0.2) is 73.8 Å². The van der Waals surface area contributed by atoms with E-state index in [1.54, 1.807) is 28.8 Å². The van der Waals surface area contributed by atoms with Crippen LogP contribution in [0.15, 0.2) is 64.5 Å². The number of carbonyl (C=O) groups excluding carboxylic acids is 1. The fourth-order valence-electron chi connectivity index (χ4n) is 3.67. The van der Waals surface area contributed by atoms with E-state index >= 15 is 0 Å². The zero-order valence-corrected chi connectivity index (χ0v) is 19.5. The molecule has 4 rings (SSSR count). The van der Waals surface area contributed by atoms with Crippen molar-refractivity contribution in [1.29, 1.82) is 0 Å². The topological polar surface area (TPSA) is 79.3 Å². The minimum Gasteiger partial charge on any atom is -0.379 e. The van der Waals surface area contributed by atoms with Crippen LogP contribution in [-0.2, 0) is 21.2 Å². The Hall–Kier alpha value is -2.20. The van der Waals surface area contributed by atoms with Gasteiger partial charge in [-0.2, -0.15) is 4.31 Å². The van der Waals surface area contributed by atoms with Crippen molar-refractivity contribution in [3.8, 4) is 0 Å². The standard InChI is InChI=1S/C23H27N3O4S2/c27-22(20-7-9-21(10-8-20)32(28,29)25-14-16-30-17-15-25)26-13-4-18-31-23(26)24-12-11-19-5-2-1-3-6-19/h1-3,5-10H,4,11-18H2. The largest absolute Gasteiger partial charge is 0.379 e. The van der Waals surface area contributed by atoms with Gasteiger partial charge in [0, 0.05) is 37.5 Å². The SMILES string of the molecule is O=C(c1ccc(S(=O)(=O)N2CCOCC2)cc1)N1CCCSC1=NCCc1ccccc1. The summed E-state index contributed by atoms with van der Waals surface area (Å²) in [4.78, 5) is 19.8. The Bertz CT molecular complexity index is 1050. The molecule has 1 amide bonds. The summed E-state index contributed by atoms with van der Waals surface area (Å²) in [5.41, 5.74) is 1.68. The monoisotopic (exact) mass is 473 g/mol. The van der Waals surface area contributed by atoms with Crippen LogP contribution in [0.2, 0.25) is 0 Å². The highest BCUT2D eigenvalue weighted by Gasteiger charge is 2.28. The summed E-state index contributed by atoms with van der Waals surface area (Å²) in [6.45, 7) is 2.72. The number of amides is 1. The first-order valence-electron chi connectivity index (χ1n) is 10.8. The van der Waals surface area contributed by atoms with E-state index in [-0.39, 0.29) is 10.8 Å². The van der Waals surface area contributed by atoms with Crippen LogP contribution in [0.5, 0.6) is 0 Å². The summed E-state index contributed by atoms with van der Waals surface area (Å²) in [5, 5.41) is 0.738. The molecule has 0 aliphatic carbocycles. The number of hydrogen-bond donors (Lipinski definition) is 0. The second-order valence-corrected chi connectivity index (χ2v) is 10.6. The molecule has 32 heavy (non-hydrogen) atoms. The van der Waals surface area contributed by atoms with E-state index in [1.165, 1.54) is 22.0 Å². The molecule has 2 heterocycles. The smallest absolute Gasteiger partial charge is 0.259 e. The summed E-state index contributed by atoms with van der Waals surface area (Å²) >= 11 is 1.60. The normalized spacial score (nSPS) is 19.2. The molecule has 0 atom stereocenters. The summed E-state index contributed by atoms with van der Waals surface area (Å²) < 4.78 is 32.3. The molecule has 7 nitrogen and oxygen atoms in total. The molecule has 0 radical (unpaired) electrons. The van der Waals surface area contributed by atoms with E-state index in [2.05, 4.69) is 12.1 Å². The van der Waals surface area contributed by atoms with Gasteiger partial charge in [0.05, 0.1) is 18.1 Å². The maximum Gasteiger partial charge on any atom is 0.259 e. The third-order valence-electron chi connectivity index (χ3n) is 5.43. The van der Waals surface area contributed by atoms with E-state index in [9.17, 15) is 13.2 Å². The zero-order valence-electron chi connectivity index (χ0n) is 17.9. The Morgan fingerprint density at radius 2 is 1.72 bits per heavy atom. The van der Waals surface area contributed by atoms with Crippen molar-refractivity contribution >= 4 is 32.9 Å². The van der Waals surface area contributed by atoms with Gasteiger partial charge in [0.25, 0.3) is 5.91 Å². The number of rotatable bonds is 6. The van der Waals surface area contributed by atoms with Gasteiger partial charge in [-0.1, -0.05) is 42.1 Å². The van der Waals surface area contributed by atoms with Crippen LogP contribution in [0.4, 0.5) is 0 Å². The highest BCUT2D eigenvalue weighted by atomic mass is 32.2. The number of hydrogen-bond acceptors (Lipinski definition) is 6. The molecule has 2 saturated heterocycles. The predicted molar refractivity (Wildman–Crippen MR) is 127 cm³/mol. The lowest BCUT2D eigenvalue weighted by atomic mass is 10.2. The quantitative estimate of drug-likeness (QED) is 0.645. The van der Waals surface area contributed by atoms with Crippen LogP contribution in [0.3, 0.4) is 0 Å². The van der Waals surface area contributed by atoms with Crippen molar-refractivity contribution in [2.45, 2.75) is 17.7 Å². The highest BCUT2D eigenvalue weighted by Crippen LogP contribution is 2.22. The fourth-order valence-corrected chi connectivity index (χ4v) is 6.04. The van der Waals surface area contributed by atoms with Crippen LogP contribution in [0, 0.1) is 0 Å². The Balaban J connectivity index is 1.45. The fraction of sp³-hybridized carbons (Fsp3) is 0.391. The van der Waals surface area contributed by atoms with Gasteiger partial charge in [-0.05, 0) is 42.7 Å². The molecule has 2 aliphatic heterocycles. The summed E-state index contributed by atoms with van der Waals surface area (Å²) in [5.74, 6) is 0.788. The first-order chi connectivity index (χ1) is 15.6. The predicted octanol–water partition coefficient (Wildman–Crippen LogP) is 2.89. The Labute approximate surface area is 193 Å². The number of sulfonamides is 1. The number of ether oxygens (including phenoxy) is 1. The van der Waals surface area contributed by atoms with Gasteiger partial charge in [0.15, 0.2) is 5.17 Å². The van der Waals surface area contributed by atoms with Gasteiger partial charge >= 0.3 is 0 Å². The molecular weight excluding hydrogens is 446 g/mol. The van der Waals surface area contributed by atoms with Gasteiger partial charge in [-0.25, -0.2) is 8.42 Å². The minimum absolute atomic E-state index is 0.147. The van der Waals surface area contributed by atoms with E-state index in [4.69, 9.17) is 9.73 Å². The van der Waals surface area contributed by atoms with Gasteiger partial charge in [-0.15, -0.1) is 0 Å². The van der Waals surface area contributed by atoms with E-state index in [0.717, 1.165) is 23.8 Å². The maximum atomic E-state index is 13.2. The number of thioether (sulfide) groups is 1. The van der Waals surface area contributed by atoms with E-state index < -0.39 is 10.0 Å². The number of morpholine rings is 1. The molecule has 0 unspecified atom stereocenters. The molecule has 2 aliphatic rings. The second-order valence-electron chi connectivity index (χ2n) is 7.60. The van der Waals surface area contributed by atoms with Crippen molar-refractivity contribution in [1.82, 2.24) is 9.21 Å². The molecule has 0 aromatic heterocycles. The van der Waals surface area contributed by atoms with Crippen molar-refractivity contribution in [3.05, 3.63) is 65.7 Å². The maximum absolute atomic E-state index is 13.2. The molecule has 170 valence electrons. The number of amidine groups is 1. The van der Waals surface area contributed by atoms with Gasteiger partial charge in [0.1, 0.15) is 0 Å². The summed E-state index contributed by atoms with van der Waals surface area (Å²) in [6.07, 6.45) is 1.72. The second kappa shape index (κ2) is 10.6. The highest BCUT2D eigenvalue weighted by molar-refractivity contribution is 8.13. The van der Waals surface area contributed by atoms with Crippen LogP contribution in [0.1, 0.15) is 22.3 Å². The lowest BCUT2D eigenvalue weighted by Crippen LogP contribution is -2.40. The van der Waals surface area contributed by atoms with Crippen LogP contribution < -0.4 is 0 Å². The van der Waals surface area contributed by atoms with Crippen molar-refractivity contribution in [2.24, 2.45) is 4.99 Å². The third-order valence-corrected chi connectivity index (χ3v) is 8.45. The summed E-state index contributed by atoms with van der Waals surface area (Å²) in [6, 6.07) is 16.4. The number of carbonyl (C=O) groups is 1. The van der Waals surface area contributed by atoms with Gasteiger partial charge < -0.3 is 4.74 Å². The van der Waals surface area contributed by atoms with E-state index in [0.29, 0.717) is 45.0 Å². The average Bonchev–Trinajstić information content (AvgIpc) is 2.85. The summed E-state index contributed by atoms with van der Waals surface area (Å²) in [7, 11) is -3.58. The van der Waals surface area contributed by atoms with Gasteiger partial charge in [0.2, 0.25) is 10.0 Å². The van der Waals surface area contributed by atoms with Crippen LogP contribution >= 0.6 is 11.8 Å². The molecule has 0 saturated carbocycles. The molecule has 0 N–H and O–H groups in total. The average molecular weight is 474 g/mol. The van der Waals surface area contributed by atoms with Gasteiger partial charge in [-0.3, -0.25) is 14.7 Å². The van der Waals surface area contributed by atoms with Crippen LogP contribution in [0.25, 0.3) is 0 Å². The number of benzene rings is 2. The number of nitrogens with zero attached hydrogens (tertiary/aromatic N) is 3. The molecule has 2 fully saturated rings. The van der Waals surface area contributed by atoms with Crippen molar-refractivity contribution in [3.63, 3.8) is 0 Å². The zero-order chi connectivity index (χ0) is 22.4. The first-order valence-corrected chi connectivity index (χ1v) is 13.2. The molecule has 0 spiro atoms. The Morgan fingerprint density at radius 1 is 1.00 bits per heavy atom. The van der Waals surface area contributed by atoms with E-state index in [1.807, 2.05) is 18.2 Å². The first kappa shape index (κ1) is 23.0. The lowest BCUT2D eigenvalue weighted by molar-refractivity contribution is 0.0730. The van der Waals surface area contributed by atoms with Crippen molar-refractivity contribution in [2.75, 3.05) is 45.1 Å². The molecule has 2 aromatic carbocycles. The third kappa shape index (κ3) is 5.40.